The molecule has 0 bridgehead atoms. The second-order valence-electron chi connectivity index (χ2n) is 6.36. The number of amides is 2. The highest BCUT2D eigenvalue weighted by Crippen LogP contribution is 2.26. The summed E-state index contributed by atoms with van der Waals surface area (Å²) in [6, 6.07) is 4.65. The average molecular weight is 367 g/mol. The van der Waals surface area contributed by atoms with Gasteiger partial charge in [0.25, 0.3) is 0 Å². The lowest BCUT2D eigenvalue weighted by molar-refractivity contribution is -0.121. The predicted molar refractivity (Wildman–Crippen MR) is 95.7 cm³/mol. The van der Waals surface area contributed by atoms with Crippen molar-refractivity contribution in [3.63, 3.8) is 0 Å². The highest BCUT2D eigenvalue weighted by Gasteiger charge is 2.25. The maximum atomic E-state index is 12.7. The molecule has 138 valence electrons. The zero-order valence-corrected chi connectivity index (χ0v) is 15.6. The number of sulfonamides is 1. The molecule has 1 aliphatic rings. The van der Waals surface area contributed by atoms with Crippen LogP contribution in [0, 0.1) is 0 Å². The van der Waals surface area contributed by atoms with Crippen molar-refractivity contribution in [3.8, 4) is 0 Å². The lowest BCUT2D eigenvalue weighted by atomic mass is 10.1. The van der Waals surface area contributed by atoms with Crippen molar-refractivity contribution in [1.29, 1.82) is 0 Å². The van der Waals surface area contributed by atoms with Gasteiger partial charge < -0.3 is 10.6 Å². The van der Waals surface area contributed by atoms with Crippen LogP contribution in [0.1, 0.15) is 38.7 Å². The Morgan fingerprint density at radius 3 is 2.76 bits per heavy atom. The number of carbonyl (C=O) groups excluding carboxylic acids is 2. The number of aryl methyl sites for hydroxylation is 1. The molecule has 1 atom stereocenters. The van der Waals surface area contributed by atoms with Gasteiger partial charge in [0.1, 0.15) is 0 Å². The molecule has 0 radical (unpaired) electrons. The van der Waals surface area contributed by atoms with E-state index < -0.39 is 10.0 Å². The van der Waals surface area contributed by atoms with E-state index in [9.17, 15) is 18.0 Å². The summed E-state index contributed by atoms with van der Waals surface area (Å²) in [7, 11) is -2.39. The molecule has 0 aliphatic carbocycles. The van der Waals surface area contributed by atoms with Crippen LogP contribution < -0.4 is 10.6 Å². The highest BCUT2D eigenvalue weighted by molar-refractivity contribution is 7.89. The largest absolute Gasteiger partial charge is 0.353 e. The van der Waals surface area contributed by atoms with Crippen LogP contribution in [0.5, 0.6) is 0 Å². The predicted octanol–water partition coefficient (Wildman–Crippen LogP) is 1.50. The van der Waals surface area contributed by atoms with Gasteiger partial charge in [-0.15, -0.1) is 0 Å². The van der Waals surface area contributed by atoms with Crippen LogP contribution in [0.2, 0.25) is 0 Å². The van der Waals surface area contributed by atoms with Crippen molar-refractivity contribution < 1.29 is 18.0 Å². The van der Waals surface area contributed by atoms with E-state index in [0.29, 0.717) is 24.9 Å². The summed E-state index contributed by atoms with van der Waals surface area (Å²) in [6.07, 6.45) is 2.51. The van der Waals surface area contributed by atoms with Crippen LogP contribution in [0.25, 0.3) is 0 Å². The third-order valence-corrected chi connectivity index (χ3v) is 6.09. The van der Waals surface area contributed by atoms with E-state index in [4.69, 9.17) is 0 Å². The zero-order chi connectivity index (χ0) is 18.6. The van der Waals surface area contributed by atoms with E-state index in [1.54, 1.807) is 12.1 Å². The Labute approximate surface area is 148 Å². The number of anilines is 1. The molecule has 0 aromatic heterocycles. The summed E-state index contributed by atoms with van der Waals surface area (Å²) in [6.45, 7) is 3.58. The van der Waals surface area contributed by atoms with E-state index in [0.717, 1.165) is 16.3 Å². The number of rotatable bonds is 6. The van der Waals surface area contributed by atoms with Crippen LogP contribution in [0.4, 0.5) is 5.69 Å². The first-order valence-electron chi connectivity index (χ1n) is 8.42. The van der Waals surface area contributed by atoms with Crippen LogP contribution in [0.15, 0.2) is 23.1 Å². The molecular weight excluding hydrogens is 342 g/mol. The lowest BCUT2D eigenvalue weighted by Crippen LogP contribution is -2.41. The Morgan fingerprint density at radius 1 is 1.36 bits per heavy atom. The molecule has 2 amide bonds. The third kappa shape index (κ3) is 4.79. The van der Waals surface area contributed by atoms with Gasteiger partial charge >= 0.3 is 0 Å². The molecule has 0 spiro atoms. The normalized spacial score (nSPS) is 15.9. The van der Waals surface area contributed by atoms with Crippen LogP contribution in [0.3, 0.4) is 0 Å². The van der Waals surface area contributed by atoms with Gasteiger partial charge in [0, 0.05) is 25.2 Å². The number of benzene rings is 1. The minimum atomic E-state index is -3.78. The maximum Gasteiger partial charge on any atom is 0.243 e. The first-order valence-corrected chi connectivity index (χ1v) is 9.86. The molecule has 0 saturated heterocycles. The molecule has 0 unspecified atom stereocenters. The van der Waals surface area contributed by atoms with Crippen molar-refractivity contribution in [2.75, 3.05) is 18.9 Å². The first-order chi connectivity index (χ1) is 11.7. The fourth-order valence-electron chi connectivity index (χ4n) is 2.60. The Kier molecular flexibility index (Phi) is 6.18. The molecule has 0 saturated carbocycles. The number of fused-ring (bicyclic) bond motifs is 1. The quantitative estimate of drug-likeness (QED) is 0.796. The molecule has 1 aromatic rings. The standard InChI is InChI=1S/C17H25N3O4S/c1-4-12(2)18-17(22)11-20(3)25(23,24)14-8-9-15-13(10-14)6-5-7-16(21)19-15/h8-10,12H,4-7,11H2,1-3H3,(H,18,22)(H,19,21)/t12-/m0/s1. The summed E-state index contributed by atoms with van der Waals surface area (Å²) < 4.78 is 26.5. The Morgan fingerprint density at radius 2 is 2.08 bits per heavy atom. The number of hydrogen-bond acceptors (Lipinski definition) is 4. The third-order valence-electron chi connectivity index (χ3n) is 4.29. The van der Waals surface area contributed by atoms with Gasteiger partial charge in [-0.25, -0.2) is 8.42 Å². The number of nitrogens with one attached hydrogen (secondary N) is 2. The summed E-state index contributed by atoms with van der Waals surface area (Å²) >= 11 is 0. The van der Waals surface area contributed by atoms with E-state index in [-0.39, 0.29) is 29.3 Å². The smallest absolute Gasteiger partial charge is 0.243 e. The van der Waals surface area contributed by atoms with Gasteiger partial charge in [-0.05, 0) is 49.9 Å². The van der Waals surface area contributed by atoms with Crippen molar-refractivity contribution in [2.24, 2.45) is 0 Å². The molecule has 2 rings (SSSR count). The number of carbonyl (C=O) groups is 2. The Bertz CT molecular complexity index is 761. The van der Waals surface area contributed by atoms with Gasteiger partial charge in [-0.1, -0.05) is 6.92 Å². The summed E-state index contributed by atoms with van der Waals surface area (Å²) in [5.41, 5.74) is 1.45. The van der Waals surface area contributed by atoms with E-state index in [1.165, 1.54) is 13.1 Å². The van der Waals surface area contributed by atoms with E-state index in [2.05, 4.69) is 10.6 Å². The fourth-order valence-corrected chi connectivity index (χ4v) is 3.78. The first kappa shape index (κ1) is 19.4. The van der Waals surface area contributed by atoms with Crippen molar-refractivity contribution >= 4 is 27.5 Å². The molecule has 7 nitrogen and oxygen atoms in total. The number of nitrogens with zero attached hydrogens (tertiary/aromatic N) is 1. The van der Waals surface area contributed by atoms with Crippen LogP contribution in [-0.2, 0) is 26.0 Å². The molecule has 1 aliphatic heterocycles. The van der Waals surface area contributed by atoms with Crippen molar-refractivity contribution in [1.82, 2.24) is 9.62 Å². The second kappa shape index (κ2) is 7.97. The van der Waals surface area contributed by atoms with Gasteiger partial charge in [0.2, 0.25) is 21.8 Å². The highest BCUT2D eigenvalue weighted by atomic mass is 32.2. The van der Waals surface area contributed by atoms with Crippen molar-refractivity contribution in [2.45, 2.75) is 50.5 Å². The molecular formula is C17H25N3O4S. The average Bonchev–Trinajstić information content (AvgIpc) is 2.74. The van der Waals surface area contributed by atoms with E-state index in [1.807, 2.05) is 13.8 Å². The molecule has 1 heterocycles. The second-order valence-corrected chi connectivity index (χ2v) is 8.40. The summed E-state index contributed by atoms with van der Waals surface area (Å²) in [5.74, 6) is -0.393. The van der Waals surface area contributed by atoms with Crippen molar-refractivity contribution in [3.05, 3.63) is 23.8 Å². The van der Waals surface area contributed by atoms with Gasteiger partial charge in [-0.2, -0.15) is 4.31 Å². The maximum absolute atomic E-state index is 12.7. The lowest BCUT2D eigenvalue weighted by Gasteiger charge is -2.19. The zero-order valence-electron chi connectivity index (χ0n) is 14.8. The van der Waals surface area contributed by atoms with Gasteiger partial charge in [-0.3, -0.25) is 9.59 Å². The molecule has 8 heteroatoms. The molecule has 25 heavy (non-hydrogen) atoms. The monoisotopic (exact) mass is 367 g/mol. The van der Waals surface area contributed by atoms with Crippen LogP contribution in [-0.4, -0.2) is 44.2 Å². The van der Waals surface area contributed by atoms with Gasteiger partial charge in [0.15, 0.2) is 0 Å². The Hall–Kier alpha value is -1.93. The summed E-state index contributed by atoms with van der Waals surface area (Å²) in [4.78, 5) is 23.7. The molecule has 1 aromatic carbocycles. The summed E-state index contributed by atoms with van der Waals surface area (Å²) in [5, 5.41) is 5.53. The SMILES string of the molecule is CC[C@H](C)NC(=O)CN(C)S(=O)(=O)c1ccc2c(c1)CCCC(=O)N2. The minimum absolute atomic E-state index is 0.000269. The minimum Gasteiger partial charge on any atom is -0.353 e. The number of hydrogen-bond donors (Lipinski definition) is 2. The van der Waals surface area contributed by atoms with Gasteiger partial charge in [0.05, 0.1) is 11.4 Å². The Balaban J connectivity index is 2.17. The van der Waals surface area contributed by atoms with E-state index >= 15 is 0 Å². The molecule has 0 fully saturated rings. The fraction of sp³-hybridized carbons (Fsp3) is 0.529. The number of likely N-dealkylation sites (N-methyl/N-ethyl adjacent to an activating group) is 1. The van der Waals surface area contributed by atoms with Crippen LogP contribution >= 0.6 is 0 Å². The topological polar surface area (TPSA) is 95.6 Å². The molecule has 2 N–H and O–H groups in total.